The van der Waals surface area contributed by atoms with E-state index < -0.39 is 5.97 Å². The number of aromatic carboxylic acids is 1. The van der Waals surface area contributed by atoms with Crippen LogP contribution in [0.5, 0.6) is 11.6 Å². The third kappa shape index (κ3) is 5.93. The van der Waals surface area contributed by atoms with Gasteiger partial charge in [0.25, 0.3) is 0 Å². The second-order valence-corrected chi connectivity index (χ2v) is 9.78. The Hall–Kier alpha value is -3.13. The minimum Gasteiger partial charge on any atom is -0.478 e. The Balaban J connectivity index is 1.57. The topological polar surface area (TPSA) is 92.2 Å². The lowest BCUT2D eigenvalue weighted by Gasteiger charge is -2.34. The zero-order valence-corrected chi connectivity index (χ0v) is 20.8. The number of carbonyl (C=O) groups is 2. The van der Waals surface area contributed by atoms with Gasteiger partial charge in [-0.1, -0.05) is 13.0 Å². The third-order valence-corrected chi connectivity index (χ3v) is 6.84. The lowest BCUT2D eigenvalue weighted by Crippen LogP contribution is -2.42. The van der Waals surface area contributed by atoms with E-state index >= 15 is 0 Å². The highest BCUT2D eigenvalue weighted by atomic mass is 16.5. The highest BCUT2D eigenvalue weighted by Crippen LogP contribution is 2.35. The van der Waals surface area contributed by atoms with E-state index in [1.807, 2.05) is 26.0 Å². The average molecular weight is 482 g/mol. The molecule has 8 nitrogen and oxygen atoms in total. The second kappa shape index (κ2) is 11.1. The molecular weight excluding hydrogens is 446 g/mol. The molecule has 8 heteroatoms. The molecule has 1 aliphatic carbocycles. The lowest BCUT2D eigenvalue weighted by molar-refractivity contribution is -0.123. The number of hydrogen-bond acceptors (Lipinski definition) is 6. The highest BCUT2D eigenvalue weighted by molar-refractivity contribution is 6.03. The number of ether oxygens (including phenoxy) is 2. The number of carbonyl (C=O) groups excluding carboxylic acids is 1. The maximum atomic E-state index is 13.5. The van der Waals surface area contributed by atoms with Crippen molar-refractivity contribution in [2.24, 2.45) is 11.8 Å². The molecule has 0 bridgehead atoms. The molecule has 0 atom stereocenters. The molecule has 4 rings (SSSR count). The molecule has 35 heavy (non-hydrogen) atoms. The fourth-order valence-corrected chi connectivity index (χ4v) is 4.87. The SMILES string of the molecule is CC1CCC(C(=O)N(c2ccc(Oc3cccc(N4CCOCC4)n3)cc2C(=O)O)C(C)C)CC1. The van der Waals surface area contributed by atoms with E-state index in [9.17, 15) is 14.7 Å². The summed E-state index contributed by atoms with van der Waals surface area (Å²) in [5, 5.41) is 10.0. The fourth-order valence-electron chi connectivity index (χ4n) is 4.87. The quantitative estimate of drug-likeness (QED) is 0.596. The lowest BCUT2D eigenvalue weighted by atomic mass is 9.82. The molecule has 1 aromatic carbocycles. The summed E-state index contributed by atoms with van der Waals surface area (Å²) >= 11 is 0. The van der Waals surface area contributed by atoms with Gasteiger partial charge in [-0.3, -0.25) is 4.79 Å². The number of hydrogen-bond donors (Lipinski definition) is 1. The van der Waals surface area contributed by atoms with Gasteiger partial charge in [0, 0.05) is 31.1 Å². The minimum atomic E-state index is -1.10. The van der Waals surface area contributed by atoms with Crippen LogP contribution in [-0.4, -0.2) is 54.3 Å². The van der Waals surface area contributed by atoms with Crippen molar-refractivity contribution >= 4 is 23.4 Å². The number of morpholine rings is 1. The molecule has 1 N–H and O–H groups in total. The number of carboxylic acid groups (broad SMARTS) is 1. The summed E-state index contributed by atoms with van der Waals surface area (Å²) in [4.78, 5) is 34.0. The van der Waals surface area contributed by atoms with Crippen LogP contribution in [0.25, 0.3) is 0 Å². The van der Waals surface area contributed by atoms with Crippen LogP contribution in [0.4, 0.5) is 11.5 Å². The maximum Gasteiger partial charge on any atom is 0.337 e. The summed E-state index contributed by atoms with van der Waals surface area (Å²) in [6.45, 7) is 8.87. The minimum absolute atomic E-state index is 0.00273. The Morgan fingerprint density at radius 3 is 2.49 bits per heavy atom. The van der Waals surface area contributed by atoms with Crippen LogP contribution in [0.1, 0.15) is 56.8 Å². The Labute approximate surface area is 206 Å². The summed E-state index contributed by atoms with van der Waals surface area (Å²) in [7, 11) is 0. The van der Waals surface area contributed by atoms with Gasteiger partial charge in [-0.2, -0.15) is 4.98 Å². The molecule has 0 unspecified atom stereocenters. The van der Waals surface area contributed by atoms with E-state index in [1.54, 1.807) is 23.1 Å². The van der Waals surface area contributed by atoms with Crippen molar-refractivity contribution in [1.82, 2.24) is 4.98 Å². The number of amides is 1. The van der Waals surface area contributed by atoms with Crippen molar-refractivity contribution < 1.29 is 24.2 Å². The summed E-state index contributed by atoms with van der Waals surface area (Å²) in [5.74, 6) is 0.997. The Morgan fingerprint density at radius 2 is 1.83 bits per heavy atom. The van der Waals surface area contributed by atoms with E-state index in [-0.39, 0.29) is 23.4 Å². The summed E-state index contributed by atoms with van der Waals surface area (Å²) in [6.07, 6.45) is 3.74. The standard InChI is InChI=1S/C27H35N3O5/c1-18(2)30(26(31)20-9-7-19(3)8-10-20)23-12-11-21(17-22(23)27(32)33)35-25-6-4-5-24(28-25)29-13-15-34-16-14-29/h4-6,11-12,17-20H,7-10,13-16H2,1-3H3,(H,32,33). The molecule has 188 valence electrons. The van der Waals surface area contributed by atoms with Crippen LogP contribution in [-0.2, 0) is 9.53 Å². The van der Waals surface area contributed by atoms with Gasteiger partial charge in [-0.25, -0.2) is 4.79 Å². The molecule has 1 aliphatic heterocycles. The van der Waals surface area contributed by atoms with Crippen LogP contribution >= 0.6 is 0 Å². The number of benzene rings is 1. The highest BCUT2D eigenvalue weighted by Gasteiger charge is 2.32. The molecule has 1 amide bonds. The van der Waals surface area contributed by atoms with Gasteiger partial charge in [0.2, 0.25) is 11.8 Å². The van der Waals surface area contributed by atoms with Crippen molar-refractivity contribution in [2.45, 2.75) is 52.5 Å². The average Bonchev–Trinajstić information content (AvgIpc) is 2.85. The van der Waals surface area contributed by atoms with Gasteiger partial charge in [0.15, 0.2) is 0 Å². The van der Waals surface area contributed by atoms with Crippen molar-refractivity contribution in [3.63, 3.8) is 0 Å². The molecule has 1 aromatic heterocycles. The van der Waals surface area contributed by atoms with Gasteiger partial charge in [0.1, 0.15) is 11.6 Å². The molecule has 1 saturated heterocycles. The molecular formula is C27H35N3O5. The van der Waals surface area contributed by atoms with Crippen LogP contribution < -0.4 is 14.5 Å². The van der Waals surface area contributed by atoms with Crippen molar-refractivity contribution in [3.05, 3.63) is 42.0 Å². The molecule has 1 saturated carbocycles. The van der Waals surface area contributed by atoms with E-state index in [0.29, 0.717) is 36.4 Å². The fraction of sp³-hybridized carbons (Fsp3) is 0.519. The predicted octanol–water partition coefficient (Wildman–Crippen LogP) is 4.98. The van der Waals surface area contributed by atoms with Crippen molar-refractivity contribution in [2.75, 3.05) is 36.1 Å². The number of rotatable bonds is 7. The number of carboxylic acids is 1. The largest absolute Gasteiger partial charge is 0.478 e. The maximum absolute atomic E-state index is 13.5. The summed E-state index contributed by atoms with van der Waals surface area (Å²) in [5.41, 5.74) is 0.441. The molecule has 2 fully saturated rings. The molecule has 0 radical (unpaired) electrons. The van der Waals surface area contributed by atoms with E-state index in [0.717, 1.165) is 44.6 Å². The summed E-state index contributed by atoms with van der Waals surface area (Å²) in [6, 6.07) is 10.2. The molecule has 2 aliphatic rings. The molecule has 2 heterocycles. The predicted molar refractivity (Wildman–Crippen MR) is 134 cm³/mol. The van der Waals surface area contributed by atoms with Crippen molar-refractivity contribution in [3.8, 4) is 11.6 Å². The smallest absolute Gasteiger partial charge is 0.337 e. The normalized spacial score (nSPS) is 20.5. The van der Waals surface area contributed by atoms with Gasteiger partial charge in [-0.05, 0) is 69.7 Å². The first-order valence-electron chi connectivity index (χ1n) is 12.5. The Morgan fingerprint density at radius 1 is 1.11 bits per heavy atom. The Kier molecular flexibility index (Phi) is 7.90. The zero-order valence-electron chi connectivity index (χ0n) is 20.8. The molecule has 0 spiro atoms. The van der Waals surface area contributed by atoms with Gasteiger partial charge in [-0.15, -0.1) is 0 Å². The number of nitrogens with zero attached hydrogens (tertiary/aromatic N) is 3. The van der Waals surface area contributed by atoms with Gasteiger partial charge in [0.05, 0.1) is 24.5 Å². The number of pyridine rings is 1. The van der Waals surface area contributed by atoms with E-state index in [4.69, 9.17) is 9.47 Å². The third-order valence-electron chi connectivity index (χ3n) is 6.84. The van der Waals surface area contributed by atoms with Crippen LogP contribution in [0.3, 0.4) is 0 Å². The second-order valence-electron chi connectivity index (χ2n) is 9.78. The van der Waals surface area contributed by atoms with Crippen LogP contribution in [0.15, 0.2) is 36.4 Å². The number of anilines is 2. The van der Waals surface area contributed by atoms with E-state index in [2.05, 4.69) is 16.8 Å². The Bertz CT molecular complexity index is 1040. The van der Waals surface area contributed by atoms with E-state index in [1.165, 1.54) is 6.07 Å². The van der Waals surface area contributed by atoms with Crippen LogP contribution in [0, 0.1) is 11.8 Å². The first-order valence-corrected chi connectivity index (χ1v) is 12.5. The first kappa shape index (κ1) is 25.0. The van der Waals surface area contributed by atoms with Crippen LogP contribution in [0.2, 0.25) is 0 Å². The zero-order chi connectivity index (χ0) is 24.9. The summed E-state index contributed by atoms with van der Waals surface area (Å²) < 4.78 is 11.4. The number of aromatic nitrogens is 1. The van der Waals surface area contributed by atoms with Gasteiger partial charge < -0.3 is 24.4 Å². The van der Waals surface area contributed by atoms with Crippen molar-refractivity contribution in [1.29, 1.82) is 0 Å². The van der Waals surface area contributed by atoms with Gasteiger partial charge >= 0.3 is 5.97 Å². The monoisotopic (exact) mass is 481 g/mol. The molecule has 2 aromatic rings. The first-order chi connectivity index (χ1) is 16.8.